The molecule has 0 aliphatic carbocycles. The molecule has 2 aliphatic rings. The van der Waals surface area contributed by atoms with Crippen LogP contribution in [0.4, 0.5) is 0 Å². The second kappa shape index (κ2) is 21.7. The van der Waals surface area contributed by atoms with E-state index in [1.54, 1.807) is 0 Å². The molecule has 126 valence electrons. The fourth-order valence-electron chi connectivity index (χ4n) is 1.29. The molecular formula is C14H32N4O2Y2. The molecule has 0 saturated heterocycles. The molecule has 6 nitrogen and oxygen atoms in total. The van der Waals surface area contributed by atoms with Gasteiger partial charge in [-0.2, -0.15) is 0 Å². The van der Waals surface area contributed by atoms with Crippen molar-refractivity contribution in [3.63, 3.8) is 0 Å². The van der Waals surface area contributed by atoms with Gasteiger partial charge in [-0.3, -0.25) is 0 Å². The summed E-state index contributed by atoms with van der Waals surface area (Å²) in [4.78, 5) is 7.96. The topological polar surface area (TPSA) is 95.2 Å². The van der Waals surface area contributed by atoms with E-state index in [2.05, 4.69) is 23.8 Å². The molecule has 0 amide bonds. The third kappa shape index (κ3) is 15.6. The van der Waals surface area contributed by atoms with E-state index in [-0.39, 0.29) is 65.4 Å². The fourth-order valence-corrected chi connectivity index (χ4v) is 1.29. The molecule has 0 spiro atoms. The second-order valence-corrected chi connectivity index (χ2v) is 3.68. The van der Waals surface area contributed by atoms with Gasteiger partial charge < -0.3 is 20.9 Å². The van der Waals surface area contributed by atoms with Crippen molar-refractivity contribution in [1.82, 2.24) is 0 Å². The summed E-state index contributed by atoms with van der Waals surface area (Å²) in [7, 11) is 0. The molecule has 2 heterocycles. The Morgan fingerprint density at radius 1 is 0.818 bits per heavy atom. The van der Waals surface area contributed by atoms with E-state index in [1.807, 2.05) is 27.7 Å². The predicted molar refractivity (Wildman–Crippen MR) is 86.0 cm³/mol. The Morgan fingerprint density at radius 2 is 1.09 bits per heavy atom. The predicted octanol–water partition coefficient (Wildman–Crippen LogP) is 2.27. The summed E-state index contributed by atoms with van der Waals surface area (Å²) in [6.07, 6.45) is 2.03. The minimum atomic E-state index is 0. The van der Waals surface area contributed by atoms with Gasteiger partial charge in [-0.05, 0) is 12.8 Å². The summed E-state index contributed by atoms with van der Waals surface area (Å²) < 4.78 is 9.77. The van der Waals surface area contributed by atoms with Crippen LogP contribution in [-0.4, -0.2) is 37.3 Å². The summed E-state index contributed by atoms with van der Waals surface area (Å²) in [5.74, 6) is 0. The fraction of sp³-hybridized carbons (Fsp3) is 0.857. The molecule has 2 radical (unpaired) electrons. The first-order valence-corrected chi connectivity index (χ1v) is 7.57. The van der Waals surface area contributed by atoms with Crippen molar-refractivity contribution >= 4 is 12.0 Å². The largest absolute Gasteiger partial charge is 0.463 e. The average Bonchev–Trinajstić information content (AvgIpc) is 3.12. The first-order valence-electron chi connectivity index (χ1n) is 7.57. The van der Waals surface area contributed by atoms with Gasteiger partial charge in [-0.15, -0.1) is 0 Å². The van der Waals surface area contributed by atoms with Crippen molar-refractivity contribution in [3.8, 4) is 0 Å². The molecule has 0 fully saturated rings. The van der Waals surface area contributed by atoms with E-state index in [0.29, 0.717) is 37.3 Å². The number of amidine groups is 2. The Kier molecular flexibility index (Phi) is 30.3. The Balaban J connectivity index is -0.000000112. The van der Waals surface area contributed by atoms with Gasteiger partial charge in [0.15, 0.2) is 0 Å². The molecule has 2 unspecified atom stereocenters. The summed E-state index contributed by atoms with van der Waals surface area (Å²) >= 11 is 0. The molecular weight excluding hydrogens is 434 g/mol. The number of hydrogen-bond donors (Lipinski definition) is 2. The molecule has 0 aromatic carbocycles. The molecule has 0 aromatic heterocycles. The van der Waals surface area contributed by atoms with Crippen LogP contribution in [0.3, 0.4) is 0 Å². The smallest absolute Gasteiger partial charge is 0.282 e. The van der Waals surface area contributed by atoms with Crippen LogP contribution in [-0.2, 0) is 74.9 Å². The summed E-state index contributed by atoms with van der Waals surface area (Å²) in [6.45, 7) is 13.5. The Morgan fingerprint density at radius 3 is 1.18 bits per heavy atom. The summed E-state index contributed by atoms with van der Waals surface area (Å²) in [5.41, 5.74) is 10.5. The monoisotopic (exact) mass is 466 g/mol. The first-order chi connectivity index (χ1) is 9.65. The molecule has 4 N–H and O–H groups in total. The number of aliphatic imine (C=N–C) groups is 2. The van der Waals surface area contributed by atoms with Crippen LogP contribution >= 0.6 is 0 Å². The number of nitrogens with two attached hydrogens (primary N) is 2. The van der Waals surface area contributed by atoms with Crippen molar-refractivity contribution in [1.29, 1.82) is 0 Å². The van der Waals surface area contributed by atoms with Crippen molar-refractivity contribution in [2.24, 2.45) is 21.5 Å². The molecule has 0 bridgehead atoms. The molecule has 2 aliphatic heterocycles. The van der Waals surface area contributed by atoms with Gasteiger partial charge in [-0.25, -0.2) is 9.98 Å². The minimum absolute atomic E-state index is 0. The summed E-state index contributed by atoms with van der Waals surface area (Å²) in [6, 6.07) is 1.32. The molecule has 8 heteroatoms. The Labute approximate surface area is 186 Å². The van der Waals surface area contributed by atoms with Gasteiger partial charge in [0.2, 0.25) is 0 Å². The number of nitrogens with zero attached hydrogens (tertiary/aromatic N) is 2. The van der Waals surface area contributed by atoms with Crippen LogP contribution in [0.1, 0.15) is 54.4 Å². The van der Waals surface area contributed by atoms with Crippen LogP contribution < -0.4 is 11.5 Å². The SMILES string of the molecule is CC.CC.CCC1COC(N)=N1.CCC1COC(N)=N1.[Y].[Y]. The van der Waals surface area contributed by atoms with Gasteiger partial charge in [0.1, 0.15) is 13.2 Å². The maximum atomic E-state index is 5.23. The Hall–Kier alpha value is 0.748. The van der Waals surface area contributed by atoms with Crippen LogP contribution in [0.5, 0.6) is 0 Å². The first kappa shape index (κ1) is 30.6. The quantitative estimate of drug-likeness (QED) is 0.653. The van der Waals surface area contributed by atoms with E-state index in [0.717, 1.165) is 12.8 Å². The van der Waals surface area contributed by atoms with E-state index in [4.69, 9.17) is 20.9 Å². The van der Waals surface area contributed by atoms with Crippen molar-refractivity contribution in [2.45, 2.75) is 66.5 Å². The third-order valence-electron chi connectivity index (χ3n) is 2.41. The maximum absolute atomic E-state index is 5.23. The zero-order chi connectivity index (χ0) is 16.0. The van der Waals surface area contributed by atoms with Crippen LogP contribution in [0.15, 0.2) is 9.98 Å². The Bertz CT molecular complexity index is 262. The second-order valence-electron chi connectivity index (χ2n) is 3.68. The molecule has 22 heavy (non-hydrogen) atoms. The van der Waals surface area contributed by atoms with E-state index >= 15 is 0 Å². The molecule has 2 atom stereocenters. The minimum Gasteiger partial charge on any atom is -0.463 e. The van der Waals surface area contributed by atoms with Crippen LogP contribution in [0.25, 0.3) is 0 Å². The molecule has 0 saturated carbocycles. The zero-order valence-corrected chi connectivity index (χ0v) is 20.7. The number of hydrogen-bond acceptors (Lipinski definition) is 6. The van der Waals surface area contributed by atoms with Gasteiger partial charge in [0.05, 0.1) is 12.1 Å². The average molecular weight is 466 g/mol. The van der Waals surface area contributed by atoms with Gasteiger partial charge >= 0.3 is 0 Å². The van der Waals surface area contributed by atoms with Gasteiger partial charge in [-0.1, -0.05) is 41.5 Å². The molecule has 0 aromatic rings. The standard InChI is InChI=1S/2C5H10N2O.2C2H6.2Y/c2*1-2-4-3-8-5(6)7-4;2*1-2;;/h2*4H,2-3H2,1H3,(H2,6,7);2*1-2H3;;. The van der Waals surface area contributed by atoms with Crippen molar-refractivity contribution in [2.75, 3.05) is 13.2 Å². The normalized spacial score (nSPS) is 20.3. The van der Waals surface area contributed by atoms with Crippen molar-refractivity contribution in [3.05, 3.63) is 0 Å². The number of ether oxygens (including phenoxy) is 2. The van der Waals surface area contributed by atoms with Crippen molar-refractivity contribution < 1.29 is 74.9 Å². The third-order valence-corrected chi connectivity index (χ3v) is 2.41. The number of rotatable bonds is 2. The van der Waals surface area contributed by atoms with Crippen LogP contribution in [0.2, 0.25) is 0 Å². The maximum Gasteiger partial charge on any atom is 0.282 e. The van der Waals surface area contributed by atoms with E-state index in [9.17, 15) is 0 Å². The zero-order valence-electron chi connectivity index (χ0n) is 15.0. The molecule has 2 rings (SSSR count). The van der Waals surface area contributed by atoms with E-state index in [1.165, 1.54) is 0 Å². The van der Waals surface area contributed by atoms with E-state index < -0.39 is 0 Å². The summed E-state index contributed by atoms with van der Waals surface area (Å²) in [5, 5.41) is 0. The van der Waals surface area contributed by atoms with Crippen LogP contribution in [0, 0.1) is 0 Å². The van der Waals surface area contributed by atoms with Gasteiger partial charge in [0.25, 0.3) is 12.0 Å². The van der Waals surface area contributed by atoms with Gasteiger partial charge in [0, 0.05) is 65.4 Å².